The topological polar surface area (TPSA) is 96.0 Å². The summed E-state index contributed by atoms with van der Waals surface area (Å²) in [6, 6.07) is 14.0. The molecule has 8 nitrogen and oxygen atoms in total. The number of benzene rings is 2. The first-order chi connectivity index (χ1) is 16.1. The van der Waals surface area contributed by atoms with Crippen molar-refractivity contribution in [2.45, 2.75) is 45.7 Å². The van der Waals surface area contributed by atoms with E-state index in [2.05, 4.69) is 5.32 Å². The number of rotatable bonds is 12. The normalized spacial score (nSPS) is 12.0. The van der Waals surface area contributed by atoms with Crippen molar-refractivity contribution in [1.82, 2.24) is 10.2 Å². The van der Waals surface area contributed by atoms with Crippen molar-refractivity contribution >= 4 is 27.5 Å². The number of carbonyl (C=O) groups excluding carboxylic acids is 2. The predicted molar refractivity (Wildman–Crippen MR) is 134 cm³/mol. The summed E-state index contributed by atoms with van der Waals surface area (Å²) in [5, 5.41) is 2.64. The van der Waals surface area contributed by atoms with E-state index in [4.69, 9.17) is 4.74 Å². The minimum atomic E-state index is -3.52. The lowest BCUT2D eigenvalue weighted by Crippen LogP contribution is -2.48. The lowest BCUT2D eigenvalue weighted by atomic mass is 10.1. The summed E-state index contributed by atoms with van der Waals surface area (Å²) in [6.07, 6.45) is 2.06. The first kappa shape index (κ1) is 27.2. The SMILES string of the molecule is CCC(C(=O)NC)N(Cc1ccc(OC)cc1)C(=O)CCCN(c1ccccc1C)S(C)(=O)=O. The van der Waals surface area contributed by atoms with Gasteiger partial charge in [0.2, 0.25) is 21.8 Å². The molecule has 2 amide bonds. The number of aryl methyl sites for hydroxylation is 1. The second-order valence-corrected chi connectivity index (χ2v) is 10.0. The molecule has 1 atom stereocenters. The van der Waals surface area contributed by atoms with Crippen molar-refractivity contribution in [3.63, 3.8) is 0 Å². The molecule has 0 saturated carbocycles. The van der Waals surface area contributed by atoms with Crippen LogP contribution in [0.1, 0.15) is 37.3 Å². The van der Waals surface area contributed by atoms with E-state index in [0.717, 1.165) is 17.4 Å². The van der Waals surface area contributed by atoms with E-state index in [1.165, 1.54) is 4.31 Å². The third-order valence-corrected chi connectivity index (χ3v) is 6.86. The van der Waals surface area contributed by atoms with Gasteiger partial charge in [0.15, 0.2) is 0 Å². The monoisotopic (exact) mass is 489 g/mol. The number of anilines is 1. The summed E-state index contributed by atoms with van der Waals surface area (Å²) >= 11 is 0. The van der Waals surface area contributed by atoms with Crippen molar-refractivity contribution in [3.8, 4) is 5.75 Å². The lowest BCUT2D eigenvalue weighted by Gasteiger charge is -2.31. The largest absolute Gasteiger partial charge is 0.497 e. The van der Waals surface area contributed by atoms with Gasteiger partial charge in [-0.15, -0.1) is 0 Å². The number of amides is 2. The highest BCUT2D eigenvalue weighted by Gasteiger charge is 2.28. The molecule has 0 saturated heterocycles. The van der Waals surface area contributed by atoms with Crippen LogP contribution in [-0.2, 0) is 26.2 Å². The zero-order chi connectivity index (χ0) is 25.3. The van der Waals surface area contributed by atoms with E-state index in [9.17, 15) is 18.0 Å². The number of sulfonamides is 1. The van der Waals surface area contributed by atoms with Crippen molar-refractivity contribution in [2.24, 2.45) is 0 Å². The Kier molecular flexibility index (Phi) is 9.92. The molecular weight excluding hydrogens is 454 g/mol. The quantitative estimate of drug-likeness (QED) is 0.494. The van der Waals surface area contributed by atoms with Gasteiger partial charge in [0.1, 0.15) is 11.8 Å². The predicted octanol–water partition coefficient (Wildman–Crippen LogP) is 3.10. The molecule has 0 aromatic heterocycles. The number of para-hydroxylation sites is 1. The fourth-order valence-corrected chi connectivity index (χ4v) is 4.86. The molecule has 1 N–H and O–H groups in total. The minimum Gasteiger partial charge on any atom is -0.497 e. The Morgan fingerprint density at radius 3 is 2.26 bits per heavy atom. The van der Waals surface area contributed by atoms with Gasteiger partial charge in [-0.1, -0.05) is 37.3 Å². The molecule has 0 aliphatic carbocycles. The Bertz CT molecular complexity index is 1070. The molecule has 186 valence electrons. The van der Waals surface area contributed by atoms with Crippen molar-refractivity contribution in [1.29, 1.82) is 0 Å². The molecule has 0 spiro atoms. The molecule has 2 rings (SSSR count). The van der Waals surface area contributed by atoms with Crippen LogP contribution in [0.15, 0.2) is 48.5 Å². The fourth-order valence-electron chi connectivity index (χ4n) is 3.84. The number of hydrogen-bond acceptors (Lipinski definition) is 5. The van der Waals surface area contributed by atoms with E-state index in [-0.39, 0.29) is 31.3 Å². The highest BCUT2D eigenvalue weighted by atomic mass is 32.2. The number of ether oxygens (including phenoxy) is 1. The number of methoxy groups -OCH3 is 1. The van der Waals surface area contributed by atoms with Crippen LogP contribution in [0, 0.1) is 6.92 Å². The summed E-state index contributed by atoms with van der Waals surface area (Å²) in [5.41, 5.74) is 2.31. The third-order valence-electron chi connectivity index (χ3n) is 5.68. The van der Waals surface area contributed by atoms with Crippen LogP contribution in [-0.4, -0.2) is 58.1 Å². The van der Waals surface area contributed by atoms with Gasteiger partial charge < -0.3 is 15.0 Å². The van der Waals surface area contributed by atoms with E-state index in [0.29, 0.717) is 24.3 Å². The van der Waals surface area contributed by atoms with Crippen LogP contribution in [0.5, 0.6) is 5.75 Å². The van der Waals surface area contributed by atoms with Crippen molar-refractivity contribution < 1.29 is 22.7 Å². The molecular formula is C25H35N3O5S. The number of hydrogen-bond donors (Lipinski definition) is 1. The Morgan fingerprint density at radius 1 is 1.09 bits per heavy atom. The lowest BCUT2D eigenvalue weighted by molar-refractivity contribution is -0.141. The molecule has 0 aliphatic rings. The van der Waals surface area contributed by atoms with E-state index >= 15 is 0 Å². The first-order valence-electron chi connectivity index (χ1n) is 11.3. The van der Waals surface area contributed by atoms with E-state index < -0.39 is 16.1 Å². The van der Waals surface area contributed by atoms with Gasteiger partial charge in [-0.05, 0) is 49.1 Å². The maximum absolute atomic E-state index is 13.3. The number of nitrogens with one attached hydrogen (secondary N) is 1. The van der Waals surface area contributed by atoms with Crippen LogP contribution in [0.2, 0.25) is 0 Å². The second kappa shape index (κ2) is 12.4. The van der Waals surface area contributed by atoms with Gasteiger partial charge in [0.05, 0.1) is 19.1 Å². The Morgan fingerprint density at radius 2 is 1.74 bits per heavy atom. The molecule has 0 heterocycles. The Labute approximate surface area is 202 Å². The van der Waals surface area contributed by atoms with Gasteiger partial charge in [0, 0.05) is 26.6 Å². The zero-order valence-corrected chi connectivity index (χ0v) is 21.4. The molecule has 0 aliphatic heterocycles. The number of carbonyl (C=O) groups is 2. The molecule has 0 radical (unpaired) electrons. The zero-order valence-electron chi connectivity index (χ0n) is 20.6. The average molecular weight is 490 g/mol. The van der Waals surface area contributed by atoms with E-state index in [1.807, 2.05) is 50.2 Å². The van der Waals surface area contributed by atoms with Crippen LogP contribution in [0.3, 0.4) is 0 Å². The molecule has 2 aromatic carbocycles. The maximum atomic E-state index is 13.3. The minimum absolute atomic E-state index is 0.113. The van der Waals surface area contributed by atoms with Crippen LogP contribution in [0.25, 0.3) is 0 Å². The van der Waals surface area contributed by atoms with Crippen LogP contribution >= 0.6 is 0 Å². The number of nitrogens with zero attached hydrogens (tertiary/aromatic N) is 2. The van der Waals surface area contributed by atoms with Gasteiger partial charge in [-0.25, -0.2) is 8.42 Å². The van der Waals surface area contributed by atoms with Gasteiger partial charge in [-0.3, -0.25) is 13.9 Å². The molecule has 9 heteroatoms. The fraction of sp³-hybridized carbons (Fsp3) is 0.440. The van der Waals surface area contributed by atoms with Crippen LogP contribution in [0.4, 0.5) is 5.69 Å². The van der Waals surface area contributed by atoms with Gasteiger partial charge in [-0.2, -0.15) is 0 Å². The van der Waals surface area contributed by atoms with Gasteiger partial charge >= 0.3 is 0 Å². The Hall–Kier alpha value is -3.07. The summed E-state index contributed by atoms with van der Waals surface area (Å²) in [6.45, 7) is 4.15. The van der Waals surface area contributed by atoms with Gasteiger partial charge in [0.25, 0.3) is 0 Å². The van der Waals surface area contributed by atoms with Crippen LogP contribution < -0.4 is 14.4 Å². The highest BCUT2D eigenvalue weighted by molar-refractivity contribution is 7.92. The smallest absolute Gasteiger partial charge is 0.242 e. The standard InChI is InChI=1S/C25H35N3O5S/c1-6-22(25(30)26-3)27(18-20-13-15-21(33-4)16-14-20)24(29)12-9-17-28(34(5,31)32)23-11-8-7-10-19(23)2/h7-8,10-11,13-16,22H,6,9,12,17-18H2,1-5H3,(H,26,30). The third kappa shape index (κ3) is 7.21. The van der Waals surface area contributed by atoms with E-state index in [1.54, 1.807) is 31.2 Å². The summed E-state index contributed by atoms with van der Waals surface area (Å²) in [4.78, 5) is 27.4. The highest BCUT2D eigenvalue weighted by Crippen LogP contribution is 2.23. The van der Waals surface area contributed by atoms with Crippen molar-refractivity contribution in [2.75, 3.05) is 31.3 Å². The molecule has 34 heavy (non-hydrogen) atoms. The molecule has 2 aromatic rings. The molecule has 0 bridgehead atoms. The molecule has 0 fully saturated rings. The van der Waals surface area contributed by atoms with Crippen molar-refractivity contribution in [3.05, 3.63) is 59.7 Å². The summed E-state index contributed by atoms with van der Waals surface area (Å²) in [5.74, 6) is 0.267. The second-order valence-electron chi connectivity index (χ2n) is 8.13. The Balaban J connectivity index is 2.19. The molecule has 1 unspecified atom stereocenters. The number of likely N-dealkylation sites (N-methyl/N-ethyl adjacent to an activating group) is 1. The summed E-state index contributed by atoms with van der Waals surface area (Å²) < 4.78 is 31.4. The first-order valence-corrected chi connectivity index (χ1v) is 13.1. The summed E-state index contributed by atoms with van der Waals surface area (Å²) in [7, 11) is -0.387. The average Bonchev–Trinajstić information content (AvgIpc) is 2.81. The maximum Gasteiger partial charge on any atom is 0.242 e.